The van der Waals surface area contributed by atoms with Gasteiger partial charge in [0.25, 0.3) is 0 Å². The first kappa shape index (κ1) is 12.4. The van der Waals surface area contributed by atoms with Crippen molar-refractivity contribution < 1.29 is 14.2 Å². The molecule has 1 aromatic rings. The topological polar surface area (TPSA) is 27.7 Å². The maximum absolute atomic E-state index is 5.82. The summed E-state index contributed by atoms with van der Waals surface area (Å²) in [4.78, 5) is 0. The van der Waals surface area contributed by atoms with Gasteiger partial charge in [0.2, 0.25) is 0 Å². The predicted octanol–water partition coefficient (Wildman–Crippen LogP) is 2.75. The summed E-state index contributed by atoms with van der Waals surface area (Å²) in [5, 5.41) is 0. The highest BCUT2D eigenvalue weighted by atomic mass is 16.7. The zero-order valence-electron chi connectivity index (χ0n) is 10.8. The van der Waals surface area contributed by atoms with Crippen molar-refractivity contribution in [3.63, 3.8) is 0 Å². The van der Waals surface area contributed by atoms with E-state index in [1.54, 1.807) is 0 Å². The van der Waals surface area contributed by atoms with Gasteiger partial charge in [-0.1, -0.05) is 17.7 Å². The van der Waals surface area contributed by atoms with Crippen LogP contribution in [0.25, 0.3) is 0 Å². The summed E-state index contributed by atoms with van der Waals surface area (Å²) in [5.41, 5.74) is 3.65. The summed E-state index contributed by atoms with van der Waals surface area (Å²) in [7, 11) is 0. The van der Waals surface area contributed by atoms with Crippen molar-refractivity contribution in [2.24, 2.45) is 0 Å². The number of rotatable bonds is 4. The smallest absolute Gasteiger partial charge is 0.161 e. The van der Waals surface area contributed by atoms with Crippen LogP contribution in [0.1, 0.15) is 23.1 Å². The second-order valence-electron chi connectivity index (χ2n) is 4.54. The van der Waals surface area contributed by atoms with Crippen molar-refractivity contribution >= 4 is 0 Å². The van der Waals surface area contributed by atoms with Crippen LogP contribution in [0.2, 0.25) is 0 Å². The van der Waals surface area contributed by atoms with Crippen LogP contribution in [0.5, 0.6) is 5.75 Å². The van der Waals surface area contributed by atoms with Gasteiger partial charge in [-0.3, -0.25) is 0 Å². The third-order valence-corrected chi connectivity index (χ3v) is 2.90. The van der Waals surface area contributed by atoms with Crippen molar-refractivity contribution in [1.82, 2.24) is 0 Å². The van der Waals surface area contributed by atoms with Crippen LogP contribution < -0.4 is 4.74 Å². The molecule has 0 atom stereocenters. The fraction of sp³-hybridized carbons (Fsp3) is 0.571. The summed E-state index contributed by atoms with van der Waals surface area (Å²) in [5.74, 6) is 0.994. The van der Waals surface area contributed by atoms with Crippen molar-refractivity contribution in [3.05, 3.63) is 28.8 Å². The fourth-order valence-electron chi connectivity index (χ4n) is 2.23. The molecule has 0 aliphatic carbocycles. The van der Waals surface area contributed by atoms with Crippen LogP contribution >= 0.6 is 0 Å². The molecule has 0 amide bonds. The molecule has 0 unspecified atom stereocenters. The minimum absolute atomic E-state index is 0.0824. The maximum atomic E-state index is 5.82. The monoisotopic (exact) mass is 236 g/mol. The molecule has 1 aromatic carbocycles. The third-order valence-electron chi connectivity index (χ3n) is 2.90. The second kappa shape index (κ2) is 5.52. The minimum Gasteiger partial charge on any atom is -0.493 e. The Labute approximate surface area is 103 Å². The van der Waals surface area contributed by atoms with Gasteiger partial charge in [-0.25, -0.2) is 0 Å². The first-order chi connectivity index (χ1) is 8.16. The highest BCUT2D eigenvalue weighted by Gasteiger charge is 2.16. The first-order valence-corrected chi connectivity index (χ1v) is 6.10. The maximum Gasteiger partial charge on any atom is 0.161 e. The molecule has 0 aromatic heterocycles. The number of aryl methyl sites for hydroxylation is 3. The van der Waals surface area contributed by atoms with E-state index >= 15 is 0 Å². The zero-order valence-corrected chi connectivity index (χ0v) is 10.8. The van der Waals surface area contributed by atoms with E-state index in [9.17, 15) is 0 Å². The molecule has 1 saturated heterocycles. The average Bonchev–Trinajstić information content (AvgIpc) is 2.74. The Morgan fingerprint density at radius 2 is 1.71 bits per heavy atom. The average molecular weight is 236 g/mol. The molecule has 17 heavy (non-hydrogen) atoms. The van der Waals surface area contributed by atoms with Gasteiger partial charge < -0.3 is 14.2 Å². The molecule has 0 bridgehead atoms. The molecular weight excluding hydrogens is 216 g/mol. The Kier molecular flexibility index (Phi) is 4.02. The largest absolute Gasteiger partial charge is 0.493 e. The van der Waals surface area contributed by atoms with E-state index in [2.05, 4.69) is 32.9 Å². The Hall–Kier alpha value is -1.06. The van der Waals surface area contributed by atoms with Gasteiger partial charge in [0.15, 0.2) is 6.29 Å². The standard InChI is InChI=1S/C14H20O3/c1-10-8-11(2)14(12(3)9-10)17-5-4-13-15-6-7-16-13/h8-9,13H,4-7H2,1-3H3. The van der Waals surface area contributed by atoms with Crippen molar-refractivity contribution in [2.45, 2.75) is 33.5 Å². The molecule has 1 fully saturated rings. The van der Waals surface area contributed by atoms with Gasteiger partial charge in [0.1, 0.15) is 5.75 Å². The first-order valence-electron chi connectivity index (χ1n) is 6.10. The van der Waals surface area contributed by atoms with E-state index < -0.39 is 0 Å². The molecule has 0 N–H and O–H groups in total. The number of ether oxygens (including phenoxy) is 3. The van der Waals surface area contributed by atoms with Crippen molar-refractivity contribution in [2.75, 3.05) is 19.8 Å². The molecule has 3 heteroatoms. The Morgan fingerprint density at radius 3 is 2.29 bits per heavy atom. The van der Waals surface area contributed by atoms with E-state index in [1.165, 1.54) is 16.7 Å². The summed E-state index contributed by atoms with van der Waals surface area (Å²) >= 11 is 0. The lowest BCUT2D eigenvalue weighted by molar-refractivity contribution is -0.0532. The highest BCUT2D eigenvalue weighted by Crippen LogP contribution is 2.24. The minimum atomic E-state index is -0.0824. The molecule has 1 heterocycles. The Morgan fingerprint density at radius 1 is 1.12 bits per heavy atom. The van der Waals surface area contributed by atoms with E-state index in [-0.39, 0.29) is 6.29 Å². The molecular formula is C14H20O3. The zero-order chi connectivity index (χ0) is 12.3. The summed E-state index contributed by atoms with van der Waals surface area (Å²) in [6.45, 7) is 8.30. The van der Waals surface area contributed by atoms with Gasteiger partial charge in [-0.15, -0.1) is 0 Å². The molecule has 3 nitrogen and oxygen atoms in total. The van der Waals surface area contributed by atoms with E-state index in [4.69, 9.17) is 14.2 Å². The summed E-state index contributed by atoms with van der Waals surface area (Å²) < 4.78 is 16.6. The number of hydrogen-bond acceptors (Lipinski definition) is 3. The normalized spacial score (nSPS) is 16.4. The molecule has 0 saturated carbocycles. The van der Waals surface area contributed by atoms with E-state index in [0.717, 1.165) is 12.2 Å². The quantitative estimate of drug-likeness (QED) is 0.804. The van der Waals surface area contributed by atoms with Crippen LogP contribution in [0, 0.1) is 20.8 Å². The Bertz CT molecular complexity index is 358. The van der Waals surface area contributed by atoms with Crippen molar-refractivity contribution in [1.29, 1.82) is 0 Å². The predicted molar refractivity (Wildman–Crippen MR) is 66.5 cm³/mol. The third kappa shape index (κ3) is 3.20. The fourth-order valence-corrected chi connectivity index (χ4v) is 2.23. The molecule has 0 spiro atoms. The number of hydrogen-bond donors (Lipinski definition) is 0. The van der Waals surface area contributed by atoms with E-state index in [0.29, 0.717) is 19.8 Å². The van der Waals surface area contributed by atoms with Crippen LogP contribution in [0.4, 0.5) is 0 Å². The second-order valence-corrected chi connectivity index (χ2v) is 4.54. The molecule has 94 valence electrons. The van der Waals surface area contributed by atoms with Gasteiger partial charge >= 0.3 is 0 Å². The molecule has 1 aliphatic rings. The lowest BCUT2D eigenvalue weighted by Gasteiger charge is -2.14. The SMILES string of the molecule is Cc1cc(C)c(OCCC2OCCO2)c(C)c1. The van der Waals surface area contributed by atoms with E-state index in [1.807, 2.05) is 0 Å². The van der Waals surface area contributed by atoms with Gasteiger partial charge in [-0.2, -0.15) is 0 Å². The van der Waals surface area contributed by atoms with Crippen molar-refractivity contribution in [3.8, 4) is 5.75 Å². The highest BCUT2D eigenvalue weighted by molar-refractivity contribution is 5.42. The lowest BCUT2D eigenvalue weighted by Crippen LogP contribution is -2.13. The van der Waals surface area contributed by atoms with Gasteiger partial charge in [0, 0.05) is 6.42 Å². The summed E-state index contributed by atoms with van der Waals surface area (Å²) in [6, 6.07) is 4.29. The van der Waals surface area contributed by atoms with Gasteiger partial charge in [0.05, 0.1) is 19.8 Å². The molecule has 0 radical (unpaired) electrons. The lowest BCUT2D eigenvalue weighted by atomic mass is 10.1. The molecule has 1 aliphatic heterocycles. The summed E-state index contributed by atoms with van der Waals surface area (Å²) in [6.07, 6.45) is 0.702. The molecule has 2 rings (SSSR count). The van der Waals surface area contributed by atoms with Crippen LogP contribution in [-0.4, -0.2) is 26.1 Å². The number of benzene rings is 1. The van der Waals surface area contributed by atoms with Crippen LogP contribution in [0.3, 0.4) is 0 Å². The van der Waals surface area contributed by atoms with Gasteiger partial charge in [-0.05, 0) is 31.9 Å². The van der Waals surface area contributed by atoms with Crippen LogP contribution in [0.15, 0.2) is 12.1 Å². The van der Waals surface area contributed by atoms with Crippen LogP contribution in [-0.2, 0) is 9.47 Å². The Balaban J connectivity index is 1.89.